The highest BCUT2D eigenvalue weighted by atomic mass is 79.9. The monoisotopic (exact) mass is 326 g/mol. The van der Waals surface area contributed by atoms with Crippen molar-refractivity contribution in [3.8, 4) is 0 Å². The molecule has 19 heavy (non-hydrogen) atoms. The maximum absolute atomic E-state index is 5.90. The number of piperidine rings is 1. The van der Waals surface area contributed by atoms with Gasteiger partial charge in [-0.1, -0.05) is 6.42 Å². The topological polar surface area (TPSA) is 54.2 Å². The lowest BCUT2D eigenvalue weighted by atomic mass is 10.0. The average Bonchev–Trinajstić information content (AvgIpc) is 2.39. The molecule has 1 fully saturated rings. The number of pyridine rings is 1. The van der Waals surface area contributed by atoms with E-state index in [4.69, 9.17) is 5.73 Å². The predicted octanol–water partition coefficient (Wildman–Crippen LogP) is 3.10. The van der Waals surface area contributed by atoms with Gasteiger partial charge in [0.05, 0.1) is 22.0 Å². The van der Waals surface area contributed by atoms with Crippen molar-refractivity contribution in [2.75, 3.05) is 30.7 Å². The Balaban J connectivity index is 1.74. The van der Waals surface area contributed by atoms with Gasteiger partial charge < -0.3 is 16.0 Å². The van der Waals surface area contributed by atoms with Gasteiger partial charge in [0, 0.05) is 25.3 Å². The van der Waals surface area contributed by atoms with Gasteiger partial charge in [0.2, 0.25) is 0 Å². The summed E-state index contributed by atoms with van der Waals surface area (Å²) < 4.78 is 0.929. The number of halogens is 1. The third-order valence-corrected chi connectivity index (χ3v) is 4.39. The summed E-state index contributed by atoms with van der Waals surface area (Å²) in [4.78, 5) is 6.63. The molecule has 1 atom stereocenters. The molecule has 1 aromatic heterocycles. The van der Waals surface area contributed by atoms with Gasteiger partial charge in [-0.15, -0.1) is 0 Å². The van der Waals surface area contributed by atoms with Crippen LogP contribution in [-0.2, 0) is 0 Å². The summed E-state index contributed by atoms with van der Waals surface area (Å²) in [5.74, 6) is 0. The van der Waals surface area contributed by atoms with Gasteiger partial charge in [-0.2, -0.15) is 0 Å². The van der Waals surface area contributed by atoms with E-state index in [1.165, 1.54) is 25.8 Å². The molecule has 1 aliphatic rings. The fraction of sp³-hybridized carbons (Fsp3) is 0.643. The summed E-state index contributed by atoms with van der Waals surface area (Å²) >= 11 is 3.47. The number of nitrogen functional groups attached to an aromatic ring is 1. The van der Waals surface area contributed by atoms with E-state index in [9.17, 15) is 0 Å². The number of nitrogens with zero attached hydrogens (tertiary/aromatic N) is 2. The van der Waals surface area contributed by atoms with Crippen molar-refractivity contribution in [2.24, 2.45) is 0 Å². The van der Waals surface area contributed by atoms with E-state index in [1.807, 2.05) is 0 Å². The van der Waals surface area contributed by atoms with Crippen molar-refractivity contribution in [1.29, 1.82) is 0 Å². The first-order valence-corrected chi connectivity index (χ1v) is 7.84. The smallest absolute Gasteiger partial charge is 0.0750 e. The van der Waals surface area contributed by atoms with Gasteiger partial charge in [-0.25, -0.2) is 0 Å². The number of anilines is 2. The van der Waals surface area contributed by atoms with E-state index in [2.05, 4.69) is 38.1 Å². The minimum absolute atomic E-state index is 0.695. The Labute approximate surface area is 123 Å². The quantitative estimate of drug-likeness (QED) is 0.816. The van der Waals surface area contributed by atoms with Crippen LogP contribution in [0, 0.1) is 0 Å². The zero-order valence-electron chi connectivity index (χ0n) is 11.5. The number of nitrogens with one attached hydrogen (secondary N) is 1. The molecule has 0 saturated carbocycles. The van der Waals surface area contributed by atoms with Crippen LogP contribution in [0.3, 0.4) is 0 Å². The fourth-order valence-electron chi connectivity index (χ4n) is 2.62. The molecule has 1 saturated heterocycles. The standard InChI is InChI=1S/C14H23BrN4/c1-11-5-2-3-7-19(11)8-4-6-18-14-12(15)9-17-10-13(14)16/h9-11H,2-8,16H2,1H3,(H,17,18). The molecule has 1 aromatic rings. The maximum Gasteiger partial charge on any atom is 0.0750 e. The van der Waals surface area contributed by atoms with Crippen LogP contribution in [-0.4, -0.2) is 35.6 Å². The first-order chi connectivity index (χ1) is 9.18. The molecule has 0 aliphatic carbocycles. The number of nitrogens with two attached hydrogens (primary N) is 1. The Bertz CT molecular complexity index is 390. The van der Waals surface area contributed by atoms with Gasteiger partial charge >= 0.3 is 0 Å². The van der Waals surface area contributed by atoms with Gasteiger partial charge in [-0.05, 0) is 48.7 Å². The molecule has 106 valence electrons. The first-order valence-electron chi connectivity index (χ1n) is 7.05. The van der Waals surface area contributed by atoms with Gasteiger partial charge in [0.25, 0.3) is 0 Å². The van der Waals surface area contributed by atoms with E-state index in [0.717, 1.165) is 35.7 Å². The highest BCUT2D eigenvalue weighted by molar-refractivity contribution is 9.10. The molecular weight excluding hydrogens is 304 g/mol. The van der Waals surface area contributed by atoms with Crippen molar-refractivity contribution in [2.45, 2.75) is 38.6 Å². The molecule has 0 radical (unpaired) electrons. The highest BCUT2D eigenvalue weighted by Crippen LogP contribution is 2.26. The molecule has 2 rings (SSSR count). The summed E-state index contributed by atoms with van der Waals surface area (Å²) in [6.07, 6.45) is 8.66. The normalized spacial score (nSPS) is 20.4. The predicted molar refractivity (Wildman–Crippen MR) is 84.3 cm³/mol. The largest absolute Gasteiger partial charge is 0.396 e. The van der Waals surface area contributed by atoms with Crippen LogP contribution >= 0.6 is 15.9 Å². The summed E-state index contributed by atoms with van der Waals surface area (Å²) in [7, 11) is 0. The molecule has 0 amide bonds. The van der Waals surface area contributed by atoms with E-state index >= 15 is 0 Å². The molecular formula is C14H23BrN4. The highest BCUT2D eigenvalue weighted by Gasteiger charge is 2.17. The molecule has 5 heteroatoms. The molecule has 2 heterocycles. The van der Waals surface area contributed by atoms with Crippen molar-refractivity contribution >= 4 is 27.3 Å². The van der Waals surface area contributed by atoms with Crippen molar-refractivity contribution in [3.63, 3.8) is 0 Å². The molecule has 0 spiro atoms. The molecule has 0 aromatic carbocycles. The Morgan fingerprint density at radius 3 is 3.05 bits per heavy atom. The van der Waals surface area contributed by atoms with E-state index in [0.29, 0.717) is 5.69 Å². The molecule has 1 unspecified atom stereocenters. The van der Waals surface area contributed by atoms with E-state index in [-0.39, 0.29) is 0 Å². The molecule has 4 nitrogen and oxygen atoms in total. The van der Waals surface area contributed by atoms with Crippen LogP contribution < -0.4 is 11.1 Å². The minimum atomic E-state index is 0.695. The maximum atomic E-state index is 5.90. The average molecular weight is 327 g/mol. The third kappa shape index (κ3) is 4.08. The van der Waals surface area contributed by atoms with Crippen molar-refractivity contribution in [1.82, 2.24) is 9.88 Å². The lowest BCUT2D eigenvalue weighted by molar-refractivity contribution is 0.160. The first kappa shape index (κ1) is 14.6. The molecule has 0 bridgehead atoms. The lowest BCUT2D eigenvalue weighted by Crippen LogP contribution is -2.38. The van der Waals surface area contributed by atoms with E-state index < -0.39 is 0 Å². The van der Waals surface area contributed by atoms with Gasteiger partial charge in [0.15, 0.2) is 0 Å². The SMILES string of the molecule is CC1CCCCN1CCCNc1c(N)cncc1Br. The van der Waals surface area contributed by atoms with Crippen LogP contribution in [0.15, 0.2) is 16.9 Å². The molecule has 1 aliphatic heterocycles. The van der Waals surface area contributed by atoms with Gasteiger partial charge in [0.1, 0.15) is 0 Å². The van der Waals surface area contributed by atoms with Crippen LogP contribution in [0.5, 0.6) is 0 Å². The van der Waals surface area contributed by atoms with Crippen LogP contribution in [0.4, 0.5) is 11.4 Å². The summed E-state index contributed by atoms with van der Waals surface area (Å²) in [5.41, 5.74) is 7.56. The van der Waals surface area contributed by atoms with Crippen LogP contribution in [0.25, 0.3) is 0 Å². The Morgan fingerprint density at radius 2 is 2.32 bits per heavy atom. The molecule has 3 N–H and O–H groups in total. The third-order valence-electron chi connectivity index (χ3n) is 3.79. The lowest BCUT2D eigenvalue weighted by Gasteiger charge is -2.33. The zero-order valence-corrected chi connectivity index (χ0v) is 13.1. The Morgan fingerprint density at radius 1 is 1.47 bits per heavy atom. The number of likely N-dealkylation sites (tertiary alicyclic amines) is 1. The van der Waals surface area contributed by atoms with Crippen LogP contribution in [0.2, 0.25) is 0 Å². The van der Waals surface area contributed by atoms with Gasteiger partial charge in [-0.3, -0.25) is 4.98 Å². The fourth-order valence-corrected chi connectivity index (χ4v) is 3.11. The second-order valence-corrected chi connectivity index (χ2v) is 6.10. The summed E-state index contributed by atoms with van der Waals surface area (Å²) in [6, 6.07) is 0.742. The van der Waals surface area contributed by atoms with Crippen molar-refractivity contribution in [3.05, 3.63) is 16.9 Å². The number of hydrogen-bond acceptors (Lipinski definition) is 4. The minimum Gasteiger partial charge on any atom is -0.396 e. The second kappa shape index (κ2) is 7.10. The Hall–Kier alpha value is -0.810. The second-order valence-electron chi connectivity index (χ2n) is 5.25. The summed E-state index contributed by atoms with van der Waals surface area (Å²) in [5, 5.41) is 3.40. The Kier molecular flexibility index (Phi) is 5.45. The zero-order chi connectivity index (χ0) is 13.7. The number of hydrogen-bond donors (Lipinski definition) is 2. The summed E-state index contributed by atoms with van der Waals surface area (Å²) in [6.45, 7) is 5.69. The van der Waals surface area contributed by atoms with Crippen LogP contribution in [0.1, 0.15) is 32.6 Å². The van der Waals surface area contributed by atoms with Crippen molar-refractivity contribution < 1.29 is 0 Å². The number of aromatic nitrogens is 1. The van der Waals surface area contributed by atoms with E-state index in [1.54, 1.807) is 12.4 Å². The number of rotatable bonds is 5.